The number of amides is 1. The topological polar surface area (TPSA) is 66.8 Å². The van der Waals surface area contributed by atoms with Crippen molar-refractivity contribution in [3.63, 3.8) is 0 Å². The first kappa shape index (κ1) is 14.5. The van der Waals surface area contributed by atoms with E-state index in [0.717, 1.165) is 5.56 Å². The van der Waals surface area contributed by atoms with Gasteiger partial charge < -0.3 is 14.7 Å². The van der Waals surface area contributed by atoms with Gasteiger partial charge in [0, 0.05) is 20.2 Å². The van der Waals surface area contributed by atoms with Crippen LogP contribution in [-0.2, 0) is 14.3 Å². The Labute approximate surface area is 118 Å². The van der Waals surface area contributed by atoms with Crippen LogP contribution >= 0.6 is 0 Å². The summed E-state index contributed by atoms with van der Waals surface area (Å²) in [6, 6.07) is 9.23. The van der Waals surface area contributed by atoms with Crippen molar-refractivity contribution in [3.05, 3.63) is 35.9 Å². The molecule has 1 N–H and O–H groups in total. The molecule has 108 valence electrons. The van der Waals surface area contributed by atoms with Crippen LogP contribution in [0.15, 0.2) is 30.3 Å². The second-order valence-corrected chi connectivity index (χ2v) is 5.40. The highest BCUT2D eigenvalue weighted by molar-refractivity contribution is 5.84. The van der Waals surface area contributed by atoms with Gasteiger partial charge in [-0.05, 0) is 18.9 Å². The molecule has 1 aliphatic heterocycles. The first-order chi connectivity index (χ1) is 9.48. The lowest BCUT2D eigenvalue weighted by Crippen LogP contribution is -2.37. The van der Waals surface area contributed by atoms with Crippen molar-refractivity contribution < 1.29 is 19.4 Å². The lowest BCUT2D eigenvalue weighted by molar-refractivity contribution is -0.148. The van der Waals surface area contributed by atoms with Crippen molar-refractivity contribution in [3.8, 4) is 0 Å². The monoisotopic (exact) mass is 277 g/mol. The van der Waals surface area contributed by atoms with Crippen molar-refractivity contribution in [2.45, 2.75) is 19.4 Å². The average molecular weight is 277 g/mol. The molecule has 1 heterocycles. The van der Waals surface area contributed by atoms with Gasteiger partial charge >= 0.3 is 5.97 Å². The molecule has 2 atom stereocenters. The van der Waals surface area contributed by atoms with Gasteiger partial charge in [0.25, 0.3) is 5.91 Å². The predicted molar refractivity (Wildman–Crippen MR) is 73.1 cm³/mol. The minimum absolute atomic E-state index is 0.177. The maximum Gasteiger partial charge on any atom is 0.311 e. The highest BCUT2D eigenvalue weighted by Gasteiger charge is 2.43. The molecule has 5 nitrogen and oxygen atoms in total. The summed E-state index contributed by atoms with van der Waals surface area (Å²) >= 11 is 0. The molecule has 1 saturated heterocycles. The third-order valence-corrected chi connectivity index (χ3v) is 3.86. The fourth-order valence-electron chi connectivity index (χ4n) is 2.50. The SMILES string of the molecule is CO[C@H](C(=O)N1CC[C@@](C)(C(=O)O)C1)c1ccccc1. The van der Waals surface area contributed by atoms with Crippen molar-refractivity contribution in [1.29, 1.82) is 0 Å². The van der Waals surface area contributed by atoms with Gasteiger partial charge in [-0.15, -0.1) is 0 Å². The number of aliphatic carboxylic acids is 1. The number of rotatable bonds is 4. The molecule has 0 saturated carbocycles. The molecule has 1 aromatic rings. The van der Waals surface area contributed by atoms with Gasteiger partial charge in [0.05, 0.1) is 5.41 Å². The van der Waals surface area contributed by atoms with Crippen molar-refractivity contribution in [2.75, 3.05) is 20.2 Å². The van der Waals surface area contributed by atoms with Gasteiger partial charge in [0.1, 0.15) is 0 Å². The lowest BCUT2D eigenvalue weighted by Gasteiger charge is -2.24. The molecule has 1 fully saturated rings. The summed E-state index contributed by atoms with van der Waals surface area (Å²) in [5.41, 5.74) is -0.0751. The van der Waals surface area contributed by atoms with Crippen LogP contribution in [0.2, 0.25) is 0 Å². The summed E-state index contributed by atoms with van der Waals surface area (Å²) < 4.78 is 5.30. The van der Waals surface area contributed by atoms with E-state index in [1.807, 2.05) is 30.3 Å². The molecule has 5 heteroatoms. The average Bonchev–Trinajstić information content (AvgIpc) is 2.85. The Kier molecular flexibility index (Phi) is 4.09. The first-order valence-corrected chi connectivity index (χ1v) is 6.58. The maximum atomic E-state index is 12.5. The second kappa shape index (κ2) is 5.63. The predicted octanol–water partition coefficient (Wildman–Crippen LogP) is 1.70. The Bertz CT molecular complexity index is 502. The van der Waals surface area contributed by atoms with Crippen LogP contribution in [-0.4, -0.2) is 42.1 Å². The molecule has 0 aliphatic carbocycles. The first-order valence-electron chi connectivity index (χ1n) is 6.58. The Balaban J connectivity index is 2.13. The summed E-state index contributed by atoms with van der Waals surface area (Å²) in [6.07, 6.45) is -0.202. The molecule has 0 aromatic heterocycles. The number of likely N-dealkylation sites (tertiary alicyclic amines) is 1. The van der Waals surface area contributed by atoms with E-state index in [1.54, 1.807) is 11.8 Å². The summed E-state index contributed by atoms with van der Waals surface area (Å²) in [6.45, 7) is 2.36. The van der Waals surface area contributed by atoms with E-state index >= 15 is 0 Å². The smallest absolute Gasteiger partial charge is 0.311 e. The molecule has 1 aromatic carbocycles. The number of nitrogens with zero attached hydrogens (tertiary/aromatic N) is 1. The van der Waals surface area contributed by atoms with E-state index in [4.69, 9.17) is 4.74 Å². The largest absolute Gasteiger partial charge is 0.481 e. The van der Waals surface area contributed by atoms with E-state index in [9.17, 15) is 14.7 Å². The number of hydrogen-bond donors (Lipinski definition) is 1. The van der Waals surface area contributed by atoms with Gasteiger partial charge in [0.15, 0.2) is 6.10 Å². The Morgan fingerprint density at radius 2 is 2.00 bits per heavy atom. The van der Waals surface area contributed by atoms with Crippen LogP contribution in [0.4, 0.5) is 0 Å². The fraction of sp³-hybridized carbons (Fsp3) is 0.467. The number of methoxy groups -OCH3 is 1. The lowest BCUT2D eigenvalue weighted by atomic mass is 9.90. The minimum Gasteiger partial charge on any atom is -0.481 e. The third-order valence-electron chi connectivity index (χ3n) is 3.86. The number of ether oxygens (including phenoxy) is 1. The number of benzene rings is 1. The molecule has 0 unspecified atom stereocenters. The van der Waals surface area contributed by atoms with Crippen LogP contribution < -0.4 is 0 Å². The van der Waals surface area contributed by atoms with Crippen LogP contribution in [0.3, 0.4) is 0 Å². The van der Waals surface area contributed by atoms with Crippen LogP contribution in [0.1, 0.15) is 25.0 Å². The zero-order valence-electron chi connectivity index (χ0n) is 11.7. The number of carboxylic acids is 1. The number of carboxylic acid groups (broad SMARTS) is 1. The van der Waals surface area contributed by atoms with E-state index < -0.39 is 17.5 Å². The second-order valence-electron chi connectivity index (χ2n) is 5.40. The zero-order chi connectivity index (χ0) is 14.8. The molecule has 0 bridgehead atoms. The third kappa shape index (κ3) is 2.67. The number of hydrogen-bond acceptors (Lipinski definition) is 3. The van der Waals surface area contributed by atoms with Crippen molar-refractivity contribution >= 4 is 11.9 Å². The molecular weight excluding hydrogens is 258 g/mol. The zero-order valence-corrected chi connectivity index (χ0v) is 11.7. The fourth-order valence-corrected chi connectivity index (χ4v) is 2.50. The summed E-state index contributed by atoms with van der Waals surface area (Å²) in [4.78, 5) is 25.3. The molecule has 1 amide bonds. The minimum atomic E-state index is -0.860. The van der Waals surface area contributed by atoms with Gasteiger partial charge in [-0.1, -0.05) is 30.3 Å². The molecule has 0 radical (unpaired) electrons. The molecular formula is C15H19NO4. The molecule has 2 rings (SSSR count). The van der Waals surface area contributed by atoms with Gasteiger partial charge in [0.2, 0.25) is 0 Å². The van der Waals surface area contributed by atoms with E-state index in [2.05, 4.69) is 0 Å². The van der Waals surface area contributed by atoms with Gasteiger partial charge in [-0.25, -0.2) is 0 Å². The summed E-state index contributed by atoms with van der Waals surface area (Å²) in [7, 11) is 1.49. The summed E-state index contributed by atoms with van der Waals surface area (Å²) in [5, 5.41) is 9.22. The standard InChI is InChI=1S/C15H19NO4/c1-15(14(18)19)8-9-16(10-15)13(17)12(20-2)11-6-4-3-5-7-11/h3-7,12H,8-10H2,1-2H3,(H,18,19)/t12-,15+/m0/s1. The van der Waals surface area contributed by atoms with Crippen LogP contribution in [0, 0.1) is 5.41 Å². The van der Waals surface area contributed by atoms with Crippen molar-refractivity contribution in [2.24, 2.45) is 5.41 Å². The van der Waals surface area contributed by atoms with E-state index in [0.29, 0.717) is 13.0 Å². The molecule has 20 heavy (non-hydrogen) atoms. The highest BCUT2D eigenvalue weighted by atomic mass is 16.5. The Hall–Kier alpha value is -1.88. The molecule has 1 aliphatic rings. The van der Waals surface area contributed by atoms with Crippen LogP contribution in [0.5, 0.6) is 0 Å². The van der Waals surface area contributed by atoms with Gasteiger partial charge in [-0.3, -0.25) is 9.59 Å². The Morgan fingerprint density at radius 1 is 1.35 bits per heavy atom. The van der Waals surface area contributed by atoms with Gasteiger partial charge in [-0.2, -0.15) is 0 Å². The molecule has 0 spiro atoms. The highest BCUT2D eigenvalue weighted by Crippen LogP contribution is 2.32. The van der Waals surface area contributed by atoms with E-state index in [1.165, 1.54) is 7.11 Å². The number of carbonyl (C=O) groups is 2. The van der Waals surface area contributed by atoms with Crippen molar-refractivity contribution in [1.82, 2.24) is 4.90 Å². The van der Waals surface area contributed by atoms with E-state index in [-0.39, 0.29) is 12.5 Å². The maximum absolute atomic E-state index is 12.5. The van der Waals surface area contributed by atoms with Crippen LogP contribution in [0.25, 0.3) is 0 Å². The summed E-state index contributed by atoms with van der Waals surface area (Å²) in [5.74, 6) is -1.04. The Morgan fingerprint density at radius 3 is 2.50 bits per heavy atom. The number of carbonyl (C=O) groups excluding carboxylic acids is 1. The quantitative estimate of drug-likeness (QED) is 0.909. The normalized spacial score (nSPS) is 23.6.